The molecule has 158 valence electrons. The predicted molar refractivity (Wildman–Crippen MR) is 116 cm³/mol. The molecule has 1 aliphatic rings. The van der Waals surface area contributed by atoms with Gasteiger partial charge in [-0.2, -0.15) is 10.2 Å². The van der Waals surface area contributed by atoms with Gasteiger partial charge in [0.25, 0.3) is 11.5 Å². The number of aliphatic hydroxyl groups excluding tert-OH is 1. The topological polar surface area (TPSA) is 112 Å². The molecule has 8 nitrogen and oxygen atoms in total. The van der Waals surface area contributed by atoms with E-state index in [9.17, 15) is 14.7 Å². The number of fused-ring (bicyclic) bond motifs is 2. The molecule has 1 saturated carbocycles. The van der Waals surface area contributed by atoms with Crippen LogP contribution in [0, 0.1) is 0 Å². The summed E-state index contributed by atoms with van der Waals surface area (Å²) in [6, 6.07) is 11.2. The van der Waals surface area contributed by atoms with E-state index >= 15 is 0 Å². The van der Waals surface area contributed by atoms with Gasteiger partial charge in [0.05, 0.1) is 35.0 Å². The van der Waals surface area contributed by atoms with Crippen molar-refractivity contribution in [2.24, 2.45) is 0 Å². The standard InChI is InChI=1S/C23H23N5O3/c29-13-14-5-10-20-19(11-24-28(20)12-14)22(30)25-16-8-6-15(7-9-16)21-17-3-1-2-4-18(17)23(31)27-26-21/h1-5,10-12,15-16,29H,6-9,13H2,(H,25,30)(H,27,31)/t15-,16-. The van der Waals surface area contributed by atoms with E-state index in [1.54, 1.807) is 29.0 Å². The summed E-state index contributed by atoms with van der Waals surface area (Å²) in [6.07, 6.45) is 6.76. The molecule has 3 N–H and O–H groups in total. The van der Waals surface area contributed by atoms with Gasteiger partial charge in [-0.25, -0.2) is 9.61 Å². The van der Waals surface area contributed by atoms with E-state index in [4.69, 9.17) is 0 Å². The molecule has 0 bridgehead atoms. The van der Waals surface area contributed by atoms with Gasteiger partial charge in [-0.15, -0.1) is 0 Å². The van der Waals surface area contributed by atoms with Crippen LogP contribution in [-0.2, 0) is 6.61 Å². The summed E-state index contributed by atoms with van der Waals surface area (Å²) in [4.78, 5) is 24.9. The Kier molecular flexibility index (Phi) is 4.99. The number of hydrogen-bond acceptors (Lipinski definition) is 5. The molecular formula is C23H23N5O3. The average molecular weight is 417 g/mol. The molecule has 1 aliphatic carbocycles. The third-order valence-corrected chi connectivity index (χ3v) is 6.18. The van der Waals surface area contributed by atoms with Gasteiger partial charge in [-0.3, -0.25) is 9.59 Å². The Labute approximate surface area is 177 Å². The van der Waals surface area contributed by atoms with Gasteiger partial charge < -0.3 is 10.4 Å². The number of carbonyl (C=O) groups is 1. The van der Waals surface area contributed by atoms with Crippen molar-refractivity contribution in [1.29, 1.82) is 0 Å². The monoisotopic (exact) mass is 417 g/mol. The van der Waals surface area contributed by atoms with Crippen LogP contribution in [0.3, 0.4) is 0 Å². The van der Waals surface area contributed by atoms with E-state index in [0.717, 1.165) is 42.3 Å². The van der Waals surface area contributed by atoms with Crippen molar-refractivity contribution < 1.29 is 9.90 Å². The number of amides is 1. The van der Waals surface area contributed by atoms with Gasteiger partial charge in [0.2, 0.25) is 0 Å². The maximum atomic E-state index is 12.8. The SMILES string of the molecule is O=C(N[C@H]1CC[C@H](c2n[nH]c(=O)c3ccccc32)CC1)c1cnn2cc(CO)ccc12. The fourth-order valence-electron chi connectivity index (χ4n) is 4.52. The Morgan fingerprint density at radius 2 is 1.90 bits per heavy atom. The molecule has 3 aromatic heterocycles. The highest BCUT2D eigenvalue weighted by Gasteiger charge is 2.27. The predicted octanol–water partition coefficient (Wildman–Crippen LogP) is 2.52. The van der Waals surface area contributed by atoms with Crippen molar-refractivity contribution in [3.63, 3.8) is 0 Å². The largest absolute Gasteiger partial charge is 0.392 e. The molecule has 31 heavy (non-hydrogen) atoms. The molecule has 8 heteroatoms. The van der Waals surface area contributed by atoms with Crippen LogP contribution in [0.25, 0.3) is 16.3 Å². The van der Waals surface area contributed by atoms with Gasteiger partial charge in [-0.1, -0.05) is 24.3 Å². The second-order valence-corrected chi connectivity index (χ2v) is 8.09. The van der Waals surface area contributed by atoms with E-state index < -0.39 is 0 Å². The first-order valence-corrected chi connectivity index (χ1v) is 10.5. The van der Waals surface area contributed by atoms with Crippen LogP contribution in [0.2, 0.25) is 0 Å². The summed E-state index contributed by atoms with van der Waals surface area (Å²) in [5.74, 6) is 0.117. The average Bonchev–Trinajstić information content (AvgIpc) is 3.23. The summed E-state index contributed by atoms with van der Waals surface area (Å²) >= 11 is 0. The highest BCUT2D eigenvalue weighted by molar-refractivity contribution is 6.00. The lowest BCUT2D eigenvalue weighted by atomic mass is 9.82. The summed E-state index contributed by atoms with van der Waals surface area (Å²) in [6.45, 7) is -0.0694. The van der Waals surface area contributed by atoms with Crippen molar-refractivity contribution >= 4 is 22.2 Å². The molecule has 1 amide bonds. The van der Waals surface area contributed by atoms with E-state index in [1.807, 2.05) is 24.3 Å². The number of pyridine rings is 1. The number of H-pyrrole nitrogens is 1. The molecule has 0 atom stereocenters. The number of benzene rings is 1. The Morgan fingerprint density at radius 1 is 1.13 bits per heavy atom. The summed E-state index contributed by atoms with van der Waals surface area (Å²) < 4.78 is 1.62. The van der Waals surface area contributed by atoms with E-state index in [1.165, 1.54) is 0 Å². The van der Waals surface area contributed by atoms with Gasteiger partial charge in [0.15, 0.2) is 0 Å². The minimum atomic E-state index is -0.167. The highest BCUT2D eigenvalue weighted by Crippen LogP contribution is 2.34. The molecular weight excluding hydrogens is 394 g/mol. The Balaban J connectivity index is 1.28. The molecule has 3 heterocycles. The van der Waals surface area contributed by atoms with Crippen molar-refractivity contribution in [3.8, 4) is 0 Å². The third-order valence-electron chi connectivity index (χ3n) is 6.18. The zero-order chi connectivity index (χ0) is 21.4. The van der Waals surface area contributed by atoms with Crippen LogP contribution < -0.4 is 10.9 Å². The molecule has 0 radical (unpaired) electrons. The van der Waals surface area contributed by atoms with Crippen molar-refractivity contribution in [1.82, 2.24) is 25.1 Å². The van der Waals surface area contributed by atoms with Gasteiger partial charge in [0, 0.05) is 23.5 Å². The fraction of sp³-hybridized carbons (Fsp3) is 0.304. The summed E-state index contributed by atoms with van der Waals surface area (Å²) in [5, 5.41) is 25.2. The first-order chi connectivity index (χ1) is 15.1. The first-order valence-electron chi connectivity index (χ1n) is 10.5. The quantitative estimate of drug-likeness (QED) is 0.472. The Morgan fingerprint density at radius 3 is 2.68 bits per heavy atom. The maximum Gasteiger partial charge on any atom is 0.272 e. The van der Waals surface area contributed by atoms with Crippen LogP contribution in [0.1, 0.15) is 53.2 Å². The second kappa shape index (κ2) is 7.96. The third kappa shape index (κ3) is 3.59. The number of rotatable bonds is 4. The van der Waals surface area contributed by atoms with Crippen molar-refractivity contribution in [2.45, 2.75) is 44.2 Å². The lowest BCUT2D eigenvalue weighted by Gasteiger charge is -2.29. The number of hydrogen-bond donors (Lipinski definition) is 3. The molecule has 4 aromatic rings. The van der Waals surface area contributed by atoms with Crippen molar-refractivity contribution in [3.05, 3.63) is 76.0 Å². The van der Waals surface area contributed by atoms with Crippen LogP contribution >= 0.6 is 0 Å². The van der Waals surface area contributed by atoms with Crippen LogP contribution in [-0.4, -0.2) is 36.9 Å². The smallest absolute Gasteiger partial charge is 0.272 e. The second-order valence-electron chi connectivity index (χ2n) is 8.09. The summed E-state index contributed by atoms with van der Waals surface area (Å²) in [7, 11) is 0. The van der Waals surface area contributed by atoms with Crippen LogP contribution in [0.4, 0.5) is 0 Å². The Bertz CT molecular complexity index is 1320. The molecule has 1 aromatic carbocycles. The summed E-state index contributed by atoms with van der Waals surface area (Å²) in [5.41, 5.74) is 2.75. The minimum Gasteiger partial charge on any atom is -0.392 e. The van der Waals surface area contributed by atoms with E-state index in [-0.39, 0.29) is 30.0 Å². The molecule has 0 aliphatic heterocycles. The Hall–Kier alpha value is -3.52. The number of nitrogens with zero attached hydrogens (tertiary/aromatic N) is 3. The van der Waals surface area contributed by atoms with Crippen molar-refractivity contribution in [2.75, 3.05) is 0 Å². The number of nitrogens with one attached hydrogen (secondary N) is 2. The van der Waals surface area contributed by atoms with E-state index in [0.29, 0.717) is 16.5 Å². The molecule has 0 unspecified atom stereocenters. The van der Waals surface area contributed by atoms with Crippen LogP contribution in [0.15, 0.2) is 53.6 Å². The molecule has 0 saturated heterocycles. The lowest BCUT2D eigenvalue weighted by molar-refractivity contribution is 0.0927. The number of aromatic nitrogens is 4. The molecule has 1 fully saturated rings. The molecule has 5 rings (SSSR count). The molecule has 0 spiro atoms. The lowest BCUT2D eigenvalue weighted by Crippen LogP contribution is -2.37. The zero-order valence-electron chi connectivity index (χ0n) is 16.9. The van der Waals surface area contributed by atoms with E-state index in [2.05, 4.69) is 20.6 Å². The maximum absolute atomic E-state index is 12.8. The zero-order valence-corrected chi connectivity index (χ0v) is 16.9. The van der Waals surface area contributed by atoms with Crippen LogP contribution in [0.5, 0.6) is 0 Å². The number of carbonyl (C=O) groups excluding carboxylic acids is 1. The number of aromatic amines is 1. The highest BCUT2D eigenvalue weighted by atomic mass is 16.3. The minimum absolute atomic E-state index is 0.0694. The normalized spacial score (nSPS) is 19.0. The van der Waals surface area contributed by atoms with Gasteiger partial charge in [0.1, 0.15) is 0 Å². The first kappa shape index (κ1) is 19.4. The number of aliphatic hydroxyl groups is 1. The van der Waals surface area contributed by atoms with Gasteiger partial charge in [-0.05, 0) is 43.4 Å². The fourth-order valence-corrected chi connectivity index (χ4v) is 4.52. The van der Waals surface area contributed by atoms with Gasteiger partial charge >= 0.3 is 0 Å².